The van der Waals surface area contributed by atoms with Crippen molar-refractivity contribution in [3.63, 3.8) is 0 Å². The maximum atomic E-state index is 13.1. The van der Waals surface area contributed by atoms with Crippen LogP contribution in [-0.4, -0.2) is 13.1 Å². The first-order chi connectivity index (χ1) is 11.4. The van der Waals surface area contributed by atoms with E-state index in [1.165, 1.54) is 37.4 Å². The maximum Gasteiger partial charge on any atom is 0.341 e. The smallest absolute Gasteiger partial charge is 0.341 e. The molecule has 0 saturated heterocycles. The number of rotatable bonds is 2. The second-order valence-corrected chi connectivity index (χ2v) is 5.54. The molecule has 1 heterocycles. The molecule has 0 aliphatic heterocycles. The highest BCUT2D eigenvalue weighted by Gasteiger charge is 2.20. The molecule has 1 aromatic heterocycles. The topological polar surface area (TPSA) is 56.5 Å². The highest BCUT2D eigenvalue weighted by atomic mass is 19.1. The maximum absolute atomic E-state index is 13.1. The van der Waals surface area contributed by atoms with Crippen molar-refractivity contribution in [1.82, 2.24) is 0 Å². The molecule has 5 heteroatoms. The lowest BCUT2D eigenvalue weighted by Gasteiger charge is -2.11. The van der Waals surface area contributed by atoms with E-state index in [9.17, 15) is 14.0 Å². The molecule has 0 bridgehead atoms. The van der Waals surface area contributed by atoms with E-state index in [1.54, 1.807) is 13.0 Å². The van der Waals surface area contributed by atoms with E-state index < -0.39 is 5.97 Å². The van der Waals surface area contributed by atoms with Crippen LogP contribution in [0.25, 0.3) is 22.3 Å². The Morgan fingerprint density at radius 2 is 1.79 bits per heavy atom. The third kappa shape index (κ3) is 2.58. The summed E-state index contributed by atoms with van der Waals surface area (Å²) in [5.41, 5.74) is 2.16. The average molecular weight is 326 g/mol. The lowest BCUT2D eigenvalue weighted by molar-refractivity contribution is 0.0601. The van der Waals surface area contributed by atoms with Gasteiger partial charge in [0.2, 0.25) is 0 Å². The molecule has 0 atom stereocenters. The van der Waals surface area contributed by atoms with Crippen molar-refractivity contribution in [3.8, 4) is 11.3 Å². The van der Waals surface area contributed by atoms with Crippen molar-refractivity contribution in [2.45, 2.75) is 13.8 Å². The van der Waals surface area contributed by atoms with Gasteiger partial charge in [-0.25, -0.2) is 9.18 Å². The second-order valence-electron chi connectivity index (χ2n) is 5.54. The molecular weight excluding hydrogens is 311 g/mol. The Hall–Kier alpha value is -2.95. The van der Waals surface area contributed by atoms with E-state index >= 15 is 0 Å². The number of benzene rings is 2. The van der Waals surface area contributed by atoms with Crippen LogP contribution >= 0.6 is 0 Å². The number of esters is 1. The number of hydrogen-bond donors (Lipinski definition) is 0. The van der Waals surface area contributed by atoms with Gasteiger partial charge in [0.1, 0.15) is 17.1 Å². The summed E-state index contributed by atoms with van der Waals surface area (Å²) in [6.07, 6.45) is 0. The van der Waals surface area contributed by atoms with Crippen LogP contribution in [-0.2, 0) is 4.74 Å². The summed E-state index contributed by atoms with van der Waals surface area (Å²) in [6.45, 7) is 3.58. The highest BCUT2D eigenvalue weighted by Crippen LogP contribution is 2.28. The van der Waals surface area contributed by atoms with Crippen molar-refractivity contribution in [2.24, 2.45) is 0 Å². The summed E-state index contributed by atoms with van der Waals surface area (Å²) < 4.78 is 23.8. The highest BCUT2D eigenvalue weighted by molar-refractivity contribution is 6.04. The summed E-state index contributed by atoms with van der Waals surface area (Å²) in [7, 11) is 1.28. The minimum Gasteiger partial charge on any atom is -0.465 e. The molecule has 0 aliphatic carbocycles. The lowest BCUT2D eigenvalue weighted by atomic mass is 9.99. The van der Waals surface area contributed by atoms with E-state index in [-0.39, 0.29) is 28.2 Å². The zero-order chi connectivity index (χ0) is 17.4. The Kier molecular flexibility index (Phi) is 3.93. The van der Waals surface area contributed by atoms with Gasteiger partial charge in [-0.2, -0.15) is 0 Å². The van der Waals surface area contributed by atoms with Crippen molar-refractivity contribution < 1.29 is 18.3 Å². The van der Waals surface area contributed by atoms with Gasteiger partial charge in [0.15, 0.2) is 11.0 Å². The lowest BCUT2D eigenvalue weighted by Crippen LogP contribution is -2.10. The zero-order valence-electron chi connectivity index (χ0n) is 13.5. The van der Waals surface area contributed by atoms with E-state index in [4.69, 9.17) is 9.15 Å². The standard InChI is InChI=1S/C19H15FO4/c1-10-8-14-15(21)9-16(12-4-6-13(20)7-5-12)24-18(14)17(11(10)2)19(22)23-3/h4-9H,1-3H3. The molecule has 2 aromatic carbocycles. The largest absolute Gasteiger partial charge is 0.465 e. The normalized spacial score (nSPS) is 10.8. The van der Waals surface area contributed by atoms with E-state index in [2.05, 4.69) is 0 Å². The molecule has 0 unspecified atom stereocenters. The van der Waals surface area contributed by atoms with Gasteiger partial charge in [0.05, 0.1) is 12.5 Å². The number of hydrogen-bond acceptors (Lipinski definition) is 4. The molecule has 122 valence electrons. The van der Waals surface area contributed by atoms with Crippen LogP contribution in [0, 0.1) is 19.7 Å². The molecule has 4 nitrogen and oxygen atoms in total. The summed E-state index contributed by atoms with van der Waals surface area (Å²) in [5, 5.41) is 0.310. The Bertz CT molecular complexity index is 1000. The van der Waals surface area contributed by atoms with Crippen LogP contribution in [0.4, 0.5) is 4.39 Å². The predicted molar refractivity (Wildman–Crippen MR) is 88.7 cm³/mol. The molecule has 0 saturated carbocycles. The molecule has 3 rings (SSSR count). The Labute approximate surface area is 137 Å². The number of ether oxygens (including phenoxy) is 1. The van der Waals surface area contributed by atoms with Crippen LogP contribution < -0.4 is 5.43 Å². The molecule has 0 aliphatic rings. The van der Waals surface area contributed by atoms with Crippen LogP contribution in [0.1, 0.15) is 21.5 Å². The molecule has 0 amide bonds. The third-order valence-electron chi connectivity index (χ3n) is 4.06. The van der Waals surface area contributed by atoms with Gasteiger partial charge >= 0.3 is 5.97 Å². The molecule has 24 heavy (non-hydrogen) atoms. The van der Waals surface area contributed by atoms with Gasteiger partial charge in [-0.1, -0.05) is 0 Å². The van der Waals surface area contributed by atoms with Gasteiger partial charge in [-0.05, 0) is 55.3 Å². The van der Waals surface area contributed by atoms with Crippen LogP contribution in [0.15, 0.2) is 45.6 Å². The molecule has 0 fully saturated rings. The van der Waals surface area contributed by atoms with Crippen LogP contribution in [0.3, 0.4) is 0 Å². The monoisotopic (exact) mass is 326 g/mol. The van der Waals surface area contributed by atoms with Gasteiger partial charge in [-0.3, -0.25) is 4.79 Å². The van der Waals surface area contributed by atoms with Crippen LogP contribution in [0.2, 0.25) is 0 Å². The average Bonchev–Trinajstić information content (AvgIpc) is 2.57. The molecule has 0 N–H and O–H groups in total. The van der Waals surface area contributed by atoms with Crippen molar-refractivity contribution >= 4 is 16.9 Å². The number of fused-ring (bicyclic) bond motifs is 1. The Balaban J connectivity index is 2.37. The van der Waals surface area contributed by atoms with Crippen LogP contribution in [0.5, 0.6) is 0 Å². The van der Waals surface area contributed by atoms with Crippen molar-refractivity contribution in [1.29, 1.82) is 0 Å². The van der Waals surface area contributed by atoms with Gasteiger partial charge in [0.25, 0.3) is 0 Å². The number of carbonyl (C=O) groups excluding carboxylic acids is 1. The summed E-state index contributed by atoms with van der Waals surface area (Å²) in [6, 6.07) is 8.61. The first kappa shape index (κ1) is 15.9. The second kappa shape index (κ2) is 5.92. The number of halogens is 1. The minimum absolute atomic E-state index is 0.178. The fraction of sp³-hybridized carbons (Fsp3) is 0.158. The minimum atomic E-state index is -0.569. The fourth-order valence-corrected chi connectivity index (χ4v) is 2.62. The van der Waals surface area contributed by atoms with E-state index in [0.29, 0.717) is 16.5 Å². The van der Waals surface area contributed by atoms with Gasteiger partial charge < -0.3 is 9.15 Å². The Morgan fingerprint density at radius 3 is 2.42 bits per heavy atom. The van der Waals surface area contributed by atoms with Crippen molar-refractivity contribution in [2.75, 3.05) is 7.11 Å². The first-order valence-electron chi connectivity index (χ1n) is 7.34. The SMILES string of the molecule is COC(=O)c1c(C)c(C)cc2c(=O)cc(-c3ccc(F)cc3)oc12. The molecule has 3 aromatic rings. The Morgan fingerprint density at radius 1 is 1.12 bits per heavy atom. The predicted octanol–water partition coefficient (Wildman–Crippen LogP) is 4.00. The van der Waals surface area contributed by atoms with E-state index in [1.807, 2.05) is 6.92 Å². The van der Waals surface area contributed by atoms with Crippen molar-refractivity contribution in [3.05, 3.63) is 69.1 Å². The summed E-state index contributed by atoms with van der Waals surface area (Å²) in [4.78, 5) is 24.7. The quantitative estimate of drug-likeness (QED) is 0.668. The molecular formula is C19H15FO4. The third-order valence-corrected chi connectivity index (χ3v) is 4.06. The van der Waals surface area contributed by atoms with E-state index in [0.717, 1.165) is 5.56 Å². The molecule has 0 spiro atoms. The molecule has 0 radical (unpaired) electrons. The van der Waals surface area contributed by atoms with Gasteiger partial charge in [0, 0.05) is 11.6 Å². The summed E-state index contributed by atoms with van der Waals surface area (Å²) in [5.74, 6) is -0.690. The fourth-order valence-electron chi connectivity index (χ4n) is 2.62. The number of carbonyl (C=O) groups is 1. The number of aryl methyl sites for hydroxylation is 1. The first-order valence-corrected chi connectivity index (χ1v) is 7.34. The number of methoxy groups -OCH3 is 1. The summed E-state index contributed by atoms with van der Waals surface area (Å²) >= 11 is 0. The zero-order valence-corrected chi connectivity index (χ0v) is 13.5. The van der Waals surface area contributed by atoms with Gasteiger partial charge in [-0.15, -0.1) is 0 Å².